The molecule has 1 atom stereocenters. The Kier molecular flexibility index (Phi) is 14.1. The van der Waals surface area contributed by atoms with Crippen LogP contribution in [0.15, 0.2) is 30.5 Å². The van der Waals surface area contributed by atoms with Crippen molar-refractivity contribution in [2.45, 2.75) is 129 Å². The predicted octanol–water partition coefficient (Wildman–Crippen LogP) is 5.16. The third-order valence-corrected chi connectivity index (χ3v) is 10.5. The SMILES string of the molecule is CC(=O)CCc1cc(C)cnc1C.CCC(C)C(O)(O)C(O)(O)N1CCC2(CC1)C(=O)Nc1ccc(Cl)cc12.CCCCC1CC(O)C1. The van der Waals surface area contributed by atoms with Crippen molar-refractivity contribution in [2.75, 3.05) is 18.4 Å². The van der Waals surface area contributed by atoms with Crippen LogP contribution in [0.25, 0.3) is 0 Å². The number of halogens is 1. The van der Waals surface area contributed by atoms with Crippen molar-refractivity contribution in [1.29, 1.82) is 0 Å². The van der Waals surface area contributed by atoms with Crippen molar-refractivity contribution in [3.63, 3.8) is 0 Å². The molecule has 1 saturated heterocycles. The molecule has 11 heteroatoms. The molecule has 1 aliphatic carbocycles. The molecule has 1 saturated carbocycles. The Morgan fingerprint density at radius 2 is 1.77 bits per heavy atom. The second kappa shape index (κ2) is 17.0. The average Bonchev–Trinajstić information content (AvgIpc) is 3.28. The van der Waals surface area contributed by atoms with Gasteiger partial charge in [0.05, 0.1) is 11.5 Å². The van der Waals surface area contributed by atoms with Gasteiger partial charge in [-0.2, -0.15) is 0 Å². The van der Waals surface area contributed by atoms with Crippen LogP contribution < -0.4 is 5.32 Å². The maximum atomic E-state index is 12.6. The summed E-state index contributed by atoms with van der Waals surface area (Å²) in [6.45, 7) is 11.3. The first kappa shape index (κ1) is 40.0. The van der Waals surface area contributed by atoms with Crippen molar-refractivity contribution < 1.29 is 35.1 Å². The van der Waals surface area contributed by atoms with Crippen molar-refractivity contribution in [1.82, 2.24) is 9.88 Å². The van der Waals surface area contributed by atoms with Crippen molar-refractivity contribution in [2.24, 2.45) is 11.8 Å². The van der Waals surface area contributed by atoms with E-state index in [1.807, 2.05) is 20.0 Å². The average molecular weight is 690 g/mol. The van der Waals surface area contributed by atoms with E-state index in [2.05, 4.69) is 23.3 Å². The minimum atomic E-state index is -2.81. The number of aryl methyl sites for hydroxylation is 3. The number of benzene rings is 1. The first-order valence-corrected chi connectivity index (χ1v) is 17.7. The van der Waals surface area contributed by atoms with Gasteiger partial charge in [0, 0.05) is 48.0 Å². The second-order valence-corrected chi connectivity index (χ2v) is 14.4. The summed E-state index contributed by atoms with van der Waals surface area (Å²) in [6.07, 6.45) is 10.4. The molecule has 6 N–H and O–H groups in total. The number of nitrogens with one attached hydrogen (secondary N) is 1. The molecular formula is C37H56ClN3O7. The zero-order valence-corrected chi connectivity index (χ0v) is 30.2. The molecule has 10 nitrogen and oxygen atoms in total. The quantitative estimate of drug-likeness (QED) is 0.185. The lowest BCUT2D eigenvalue weighted by Gasteiger charge is -2.48. The number of Topliss-reactive ketones (excluding diaryl/α,β-unsaturated/α-hetero) is 1. The van der Waals surface area contributed by atoms with Crippen LogP contribution >= 0.6 is 11.6 Å². The number of pyridine rings is 1. The van der Waals surface area contributed by atoms with Crippen molar-refractivity contribution in [3.05, 3.63) is 57.9 Å². The zero-order chi connectivity index (χ0) is 35.9. The molecule has 48 heavy (non-hydrogen) atoms. The molecule has 2 aromatic rings. The number of fused-ring (bicyclic) bond motifs is 2. The van der Waals surface area contributed by atoms with Gasteiger partial charge in [-0.1, -0.05) is 57.7 Å². The molecule has 0 bridgehead atoms. The molecule has 2 aliphatic heterocycles. The largest absolute Gasteiger partial charge is 0.393 e. The van der Waals surface area contributed by atoms with E-state index >= 15 is 0 Å². The summed E-state index contributed by atoms with van der Waals surface area (Å²) in [4.78, 5) is 28.9. The van der Waals surface area contributed by atoms with Gasteiger partial charge in [0.15, 0.2) is 0 Å². The number of ketones is 1. The molecule has 1 amide bonds. The summed E-state index contributed by atoms with van der Waals surface area (Å²) < 4.78 is 0. The third kappa shape index (κ3) is 9.41. The van der Waals surface area contributed by atoms with Crippen LogP contribution in [-0.4, -0.2) is 78.0 Å². The Hall–Kier alpha value is -2.44. The maximum absolute atomic E-state index is 12.6. The fourth-order valence-electron chi connectivity index (χ4n) is 6.62. The molecule has 0 radical (unpaired) electrons. The van der Waals surface area contributed by atoms with E-state index in [-0.39, 0.29) is 30.9 Å². The fourth-order valence-corrected chi connectivity index (χ4v) is 6.79. The first-order chi connectivity index (χ1) is 22.5. The van der Waals surface area contributed by atoms with E-state index in [1.165, 1.54) is 36.6 Å². The lowest BCUT2D eigenvalue weighted by molar-refractivity contribution is -0.428. The summed E-state index contributed by atoms with van der Waals surface area (Å²) in [6, 6.07) is 7.33. The molecule has 1 aromatic carbocycles. The number of carbonyl (C=O) groups is 2. The molecule has 3 aliphatic rings. The number of aromatic nitrogens is 1. The van der Waals surface area contributed by atoms with Crippen LogP contribution in [0.5, 0.6) is 0 Å². The second-order valence-electron chi connectivity index (χ2n) is 14.0. The van der Waals surface area contributed by atoms with Crippen LogP contribution in [0.3, 0.4) is 0 Å². The van der Waals surface area contributed by atoms with Crippen molar-refractivity contribution in [3.8, 4) is 0 Å². The smallest absolute Gasteiger partial charge is 0.282 e. The molecule has 1 aromatic heterocycles. The van der Waals surface area contributed by atoms with E-state index in [1.54, 1.807) is 32.0 Å². The number of unbranched alkanes of at least 4 members (excludes halogenated alkanes) is 1. The molecule has 1 unspecified atom stereocenters. The van der Waals surface area contributed by atoms with Gasteiger partial charge in [0.2, 0.25) is 11.7 Å². The number of nitrogens with zero attached hydrogens (tertiary/aromatic N) is 2. The monoisotopic (exact) mass is 689 g/mol. The van der Waals surface area contributed by atoms with Crippen LogP contribution in [-0.2, 0) is 21.4 Å². The molecular weight excluding hydrogens is 634 g/mol. The summed E-state index contributed by atoms with van der Waals surface area (Å²) in [5.41, 5.74) is 4.10. The molecule has 3 heterocycles. The van der Waals surface area contributed by atoms with Gasteiger partial charge in [-0.15, -0.1) is 0 Å². The van der Waals surface area contributed by atoms with E-state index in [9.17, 15) is 30.0 Å². The number of aliphatic hydroxyl groups excluding tert-OH is 1. The van der Waals surface area contributed by atoms with Gasteiger partial charge in [0.1, 0.15) is 5.78 Å². The van der Waals surface area contributed by atoms with Crippen LogP contribution in [0.4, 0.5) is 5.69 Å². The van der Waals surface area contributed by atoms with Gasteiger partial charge < -0.3 is 35.6 Å². The zero-order valence-electron chi connectivity index (χ0n) is 29.4. The van der Waals surface area contributed by atoms with E-state index in [0.717, 1.165) is 42.0 Å². The van der Waals surface area contributed by atoms with E-state index < -0.39 is 23.0 Å². The highest BCUT2D eigenvalue weighted by Crippen LogP contribution is 2.47. The predicted molar refractivity (Wildman–Crippen MR) is 187 cm³/mol. The lowest BCUT2D eigenvalue weighted by atomic mass is 9.73. The van der Waals surface area contributed by atoms with Crippen LogP contribution in [0, 0.1) is 25.7 Å². The maximum Gasteiger partial charge on any atom is 0.282 e. The Balaban J connectivity index is 0.000000234. The van der Waals surface area contributed by atoms with E-state index in [0.29, 0.717) is 36.4 Å². The van der Waals surface area contributed by atoms with Gasteiger partial charge in [-0.05, 0) is 100 Å². The van der Waals surface area contributed by atoms with E-state index in [4.69, 9.17) is 16.7 Å². The summed E-state index contributed by atoms with van der Waals surface area (Å²) in [7, 11) is 0. The van der Waals surface area contributed by atoms with Gasteiger partial charge in [-0.3, -0.25) is 9.78 Å². The number of piperidine rings is 1. The topological polar surface area (TPSA) is 163 Å². The number of aliphatic hydroxyl groups is 5. The highest BCUT2D eigenvalue weighted by Gasteiger charge is 2.58. The standard InChI is InChI=1S/C18H25ClN2O5.C11H15NO.C8H16O/c1-3-11(2)17(23,24)18(25,26)21-8-6-16(7-9-21)13-10-12(19)4-5-14(13)20-15(16)22;1-8-6-11(5-4-9(2)13)10(3)12-7-8;1-2-3-4-7-5-8(9)6-7/h4-5,10-11,23-26H,3,6-9H2,1-2H3,(H,20,22);6-7H,4-5H2,1-3H3;7-9H,2-6H2,1H3. The summed E-state index contributed by atoms with van der Waals surface area (Å²) >= 11 is 6.09. The molecule has 2 fully saturated rings. The number of hydrogen-bond donors (Lipinski definition) is 6. The van der Waals surface area contributed by atoms with Gasteiger partial charge in [-0.25, -0.2) is 4.90 Å². The first-order valence-electron chi connectivity index (χ1n) is 17.3. The third-order valence-electron chi connectivity index (χ3n) is 10.3. The van der Waals surface area contributed by atoms with Crippen LogP contribution in [0.2, 0.25) is 5.02 Å². The fraction of sp³-hybridized carbons (Fsp3) is 0.649. The minimum Gasteiger partial charge on any atom is -0.393 e. The molecule has 268 valence electrons. The number of amides is 1. The van der Waals surface area contributed by atoms with Crippen molar-refractivity contribution >= 4 is 29.0 Å². The Morgan fingerprint density at radius 3 is 2.33 bits per heavy atom. The highest BCUT2D eigenvalue weighted by atomic mass is 35.5. The Morgan fingerprint density at radius 1 is 1.12 bits per heavy atom. The number of anilines is 1. The van der Waals surface area contributed by atoms with Gasteiger partial charge in [0.25, 0.3) is 5.91 Å². The van der Waals surface area contributed by atoms with Gasteiger partial charge >= 0.3 is 0 Å². The lowest BCUT2D eigenvalue weighted by Crippen LogP contribution is -2.69. The highest BCUT2D eigenvalue weighted by molar-refractivity contribution is 6.31. The number of hydrogen-bond acceptors (Lipinski definition) is 9. The normalized spacial score (nSPS) is 20.8. The number of likely N-dealkylation sites (tertiary alicyclic amines) is 1. The Bertz CT molecular complexity index is 1390. The molecule has 5 rings (SSSR count). The van der Waals surface area contributed by atoms with Crippen LogP contribution in [0.1, 0.15) is 108 Å². The molecule has 1 spiro atoms. The summed E-state index contributed by atoms with van der Waals surface area (Å²) in [5.74, 6) is -5.29. The summed E-state index contributed by atoms with van der Waals surface area (Å²) in [5, 5.41) is 53.8. The minimum absolute atomic E-state index is 0.0480. The number of rotatable bonds is 10. The number of carbonyl (C=O) groups excluding carboxylic acids is 2. The Labute approximate surface area is 290 Å².